The highest BCUT2D eigenvalue weighted by molar-refractivity contribution is 7.99. The van der Waals surface area contributed by atoms with E-state index in [1.54, 1.807) is 11.8 Å². The molecule has 2 atom stereocenters. The number of carboxylic acids is 1. The summed E-state index contributed by atoms with van der Waals surface area (Å²) in [5, 5.41) is 12.1. The van der Waals surface area contributed by atoms with Gasteiger partial charge >= 0.3 is 5.97 Å². The number of hydrogen-bond donors (Lipinski definition) is 2. The third kappa shape index (κ3) is 4.91. The van der Waals surface area contributed by atoms with Crippen molar-refractivity contribution < 1.29 is 14.6 Å². The zero-order chi connectivity index (χ0) is 15.2. The molecule has 1 aromatic rings. The number of aliphatic carboxylic acids is 1. The van der Waals surface area contributed by atoms with Crippen LogP contribution in [0.2, 0.25) is 0 Å². The van der Waals surface area contributed by atoms with Crippen LogP contribution >= 0.6 is 11.8 Å². The molecule has 2 N–H and O–H groups in total. The van der Waals surface area contributed by atoms with Crippen LogP contribution in [0.3, 0.4) is 0 Å². The average Bonchev–Trinajstić information content (AvgIpc) is 2.94. The van der Waals surface area contributed by atoms with Crippen LogP contribution in [-0.2, 0) is 4.79 Å². The summed E-state index contributed by atoms with van der Waals surface area (Å²) in [5.74, 6) is 0.670. The maximum absolute atomic E-state index is 10.9. The minimum atomic E-state index is -0.786. The Labute approximate surface area is 129 Å². The van der Waals surface area contributed by atoms with Crippen LogP contribution in [0, 0.1) is 0 Å². The predicted molar refractivity (Wildman–Crippen MR) is 84.9 cm³/mol. The molecule has 0 saturated carbocycles. The first kappa shape index (κ1) is 16.1. The fraction of sp³-hybridized carbons (Fsp3) is 0.533. The van der Waals surface area contributed by atoms with Gasteiger partial charge in [-0.25, -0.2) is 0 Å². The Bertz CT molecular complexity index is 464. The SMILES string of the molecule is CN(C)CCCOc1ccc(C2NC(C(=O)O)CS2)cc1. The molecule has 1 fully saturated rings. The molecule has 1 aliphatic rings. The molecule has 0 radical (unpaired) electrons. The van der Waals surface area contributed by atoms with E-state index in [9.17, 15) is 4.79 Å². The van der Waals surface area contributed by atoms with E-state index in [4.69, 9.17) is 9.84 Å². The number of carbonyl (C=O) groups is 1. The van der Waals surface area contributed by atoms with Gasteiger partial charge in [0.25, 0.3) is 0 Å². The van der Waals surface area contributed by atoms with Gasteiger partial charge in [0.2, 0.25) is 0 Å². The molecule has 1 aliphatic heterocycles. The molecule has 1 aromatic carbocycles. The van der Waals surface area contributed by atoms with Crippen LogP contribution in [0.4, 0.5) is 0 Å². The van der Waals surface area contributed by atoms with Crippen LogP contribution in [0.25, 0.3) is 0 Å². The molecular formula is C15H22N2O3S. The van der Waals surface area contributed by atoms with Crippen molar-refractivity contribution in [2.24, 2.45) is 0 Å². The lowest BCUT2D eigenvalue weighted by Crippen LogP contribution is -2.33. The van der Waals surface area contributed by atoms with Gasteiger partial charge in [-0.15, -0.1) is 11.8 Å². The summed E-state index contributed by atoms with van der Waals surface area (Å²) >= 11 is 1.62. The van der Waals surface area contributed by atoms with E-state index in [1.807, 2.05) is 38.4 Å². The van der Waals surface area contributed by atoms with Crippen LogP contribution in [-0.4, -0.2) is 55.0 Å². The predicted octanol–water partition coefficient (Wildman–Crippen LogP) is 1.81. The first-order valence-corrected chi connectivity index (χ1v) is 8.09. The van der Waals surface area contributed by atoms with E-state index in [0.29, 0.717) is 12.4 Å². The van der Waals surface area contributed by atoms with Gasteiger partial charge in [0.15, 0.2) is 0 Å². The Kier molecular flexibility index (Phi) is 5.90. The standard InChI is InChI=1S/C15H22N2O3S/c1-17(2)8-3-9-20-12-6-4-11(5-7-12)14-16-13(10-21-14)15(18)19/h4-7,13-14,16H,3,8-10H2,1-2H3,(H,18,19). The molecule has 1 saturated heterocycles. The van der Waals surface area contributed by atoms with E-state index < -0.39 is 12.0 Å². The zero-order valence-electron chi connectivity index (χ0n) is 12.4. The van der Waals surface area contributed by atoms with Crippen molar-refractivity contribution in [3.05, 3.63) is 29.8 Å². The lowest BCUT2D eigenvalue weighted by atomic mass is 10.2. The quantitative estimate of drug-likeness (QED) is 0.749. The van der Waals surface area contributed by atoms with Gasteiger partial charge in [-0.1, -0.05) is 12.1 Å². The maximum atomic E-state index is 10.9. The molecule has 0 amide bonds. The summed E-state index contributed by atoms with van der Waals surface area (Å²) in [6.07, 6.45) is 0.995. The number of hydrogen-bond acceptors (Lipinski definition) is 5. The smallest absolute Gasteiger partial charge is 0.321 e. The van der Waals surface area contributed by atoms with Crippen LogP contribution in [0.1, 0.15) is 17.4 Å². The van der Waals surface area contributed by atoms with E-state index in [1.165, 1.54) is 0 Å². The highest BCUT2D eigenvalue weighted by Gasteiger charge is 2.30. The summed E-state index contributed by atoms with van der Waals surface area (Å²) in [4.78, 5) is 13.1. The Hall–Kier alpha value is -1.24. The summed E-state index contributed by atoms with van der Waals surface area (Å²) in [6.45, 7) is 1.71. The number of thioether (sulfide) groups is 1. The molecule has 116 valence electrons. The van der Waals surface area contributed by atoms with Gasteiger partial charge < -0.3 is 14.7 Å². The highest BCUT2D eigenvalue weighted by Crippen LogP contribution is 2.33. The van der Waals surface area contributed by atoms with Crippen molar-refractivity contribution in [3.8, 4) is 5.75 Å². The Balaban J connectivity index is 1.81. The minimum Gasteiger partial charge on any atom is -0.494 e. The van der Waals surface area contributed by atoms with Crippen molar-refractivity contribution in [3.63, 3.8) is 0 Å². The molecule has 2 rings (SSSR count). The van der Waals surface area contributed by atoms with Crippen LogP contribution in [0.5, 0.6) is 5.75 Å². The topological polar surface area (TPSA) is 61.8 Å². The number of ether oxygens (including phenoxy) is 1. The van der Waals surface area contributed by atoms with Gasteiger partial charge in [0.1, 0.15) is 11.8 Å². The van der Waals surface area contributed by atoms with Crippen LogP contribution < -0.4 is 10.1 Å². The molecular weight excluding hydrogens is 288 g/mol. The Morgan fingerprint density at radius 2 is 2.14 bits per heavy atom. The van der Waals surface area contributed by atoms with E-state index in [-0.39, 0.29) is 5.37 Å². The second-order valence-electron chi connectivity index (χ2n) is 5.35. The molecule has 1 heterocycles. The average molecular weight is 310 g/mol. The normalized spacial score (nSPS) is 21.7. The molecule has 0 spiro atoms. The Morgan fingerprint density at radius 3 is 2.71 bits per heavy atom. The Morgan fingerprint density at radius 1 is 1.43 bits per heavy atom. The summed E-state index contributed by atoms with van der Waals surface area (Å²) < 4.78 is 5.69. The van der Waals surface area contributed by atoms with Gasteiger partial charge in [-0.2, -0.15) is 0 Å². The third-order valence-electron chi connectivity index (χ3n) is 3.28. The maximum Gasteiger partial charge on any atom is 0.321 e. The van der Waals surface area contributed by atoms with Crippen LogP contribution in [0.15, 0.2) is 24.3 Å². The van der Waals surface area contributed by atoms with Crippen molar-refractivity contribution in [1.82, 2.24) is 10.2 Å². The zero-order valence-corrected chi connectivity index (χ0v) is 13.2. The first-order valence-electron chi connectivity index (χ1n) is 7.04. The third-order valence-corrected chi connectivity index (χ3v) is 4.55. The number of rotatable bonds is 7. The summed E-state index contributed by atoms with van der Waals surface area (Å²) in [5.41, 5.74) is 1.09. The second-order valence-corrected chi connectivity index (χ2v) is 6.48. The van der Waals surface area contributed by atoms with Crippen molar-refractivity contribution in [1.29, 1.82) is 0 Å². The lowest BCUT2D eigenvalue weighted by molar-refractivity contribution is -0.138. The second kappa shape index (κ2) is 7.68. The largest absolute Gasteiger partial charge is 0.494 e. The molecule has 6 heteroatoms. The van der Waals surface area contributed by atoms with E-state index in [0.717, 1.165) is 24.3 Å². The van der Waals surface area contributed by atoms with Crippen molar-refractivity contribution in [2.75, 3.05) is 33.0 Å². The van der Waals surface area contributed by atoms with Crippen molar-refractivity contribution in [2.45, 2.75) is 17.8 Å². The number of nitrogens with one attached hydrogen (secondary N) is 1. The van der Waals surface area contributed by atoms with Gasteiger partial charge in [-0.3, -0.25) is 10.1 Å². The van der Waals surface area contributed by atoms with Crippen molar-refractivity contribution >= 4 is 17.7 Å². The number of benzene rings is 1. The molecule has 0 aromatic heterocycles. The molecule has 0 bridgehead atoms. The molecule has 0 aliphatic carbocycles. The summed E-state index contributed by atoms with van der Waals surface area (Å²) in [6, 6.07) is 7.43. The van der Waals surface area contributed by atoms with E-state index >= 15 is 0 Å². The first-order chi connectivity index (χ1) is 10.1. The fourth-order valence-electron chi connectivity index (χ4n) is 2.12. The summed E-state index contributed by atoms with van der Waals surface area (Å²) in [7, 11) is 4.09. The lowest BCUT2D eigenvalue weighted by Gasteiger charge is -2.13. The number of nitrogens with zero attached hydrogens (tertiary/aromatic N) is 1. The minimum absolute atomic E-state index is 0.0499. The van der Waals surface area contributed by atoms with E-state index in [2.05, 4.69) is 10.2 Å². The molecule has 5 nitrogen and oxygen atoms in total. The number of carboxylic acid groups (broad SMARTS) is 1. The van der Waals surface area contributed by atoms with Gasteiger partial charge in [0, 0.05) is 12.3 Å². The molecule has 2 unspecified atom stereocenters. The highest BCUT2D eigenvalue weighted by atomic mass is 32.2. The molecule has 21 heavy (non-hydrogen) atoms. The van der Waals surface area contributed by atoms with Gasteiger partial charge in [-0.05, 0) is 38.2 Å². The monoisotopic (exact) mass is 310 g/mol. The fourth-order valence-corrected chi connectivity index (χ4v) is 3.35. The van der Waals surface area contributed by atoms with Gasteiger partial charge in [0.05, 0.1) is 12.0 Å².